The van der Waals surface area contributed by atoms with Gasteiger partial charge in [-0.15, -0.1) is 0 Å². The second-order valence-electron chi connectivity index (χ2n) is 8.81. The molecule has 1 N–H and O–H groups in total. The predicted molar refractivity (Wildman–Crippen MR) is 129 cm³/mol. The van der Waals surface area contributed by atoms with Gasteiger partial charge in [0.05, 0.1) is 12.1 Å². The van der Waals surface area contributed by atoms with Crippen molar-refractivity contribution in [3.8, 4) is 0 Å². The number of hydrogen-bond donors (Lipinski definition) is 1. The summed E-state index contributed by atoms with van der Waals surface area (Å²) in [6, 6.07) is 16.8. The van der Waals surface area contributed by atoms with Gasteiger partial charge in [0.2, 0.25) is 5.91 Å². The number of carbonyl (C=O) groups excluding carboxylic acids is 1. The predicted octanol–water partition coefficient (Wildman–Crippen LogP) is 4.84. The first kappa shape index (κ1) is 23.1. The van der Waals surface area contributed by atoms with Gasteiger partial charge in [-0.2, -0.15) is 0 Å². The quantitative estimate of drug-likeness (QED) is 0.564. The monoisotopic (exact) mass is 446 g/mol. The number of piperidine rings is 1. The summed E-state index contributed by atoms with van der Waals surface area (Å²) in [6.07, 6.45) is 3.38. The minimum Gasteiger partial charge on any atom is -0.323 e. The normalized spacial score (nSPS) is 16.5. The van der Waals surface area contributed by atoms with Crippen molar-refractivity contribution in [2.45, 2.75) is 45.4 Å². The van der Waals surface area contributed by atoms with E-state index >= 15 is 0 Å². The molecule has 1 atom stereocenters. The molecule has 5 nitrogen and oxygen atoms in total. The number of amides is 1. The average Bonchev–Trinajstić information content (AvgIpc) is 2.82. The molecule has 0 bridgehead atoms. The second-order valence-corrected chi connectivity index (χ2v) is 8.81. The van der Waals surface area contributed by atoms with E-state index < -0.39 is 5.82 Å². The van der Waals surface area contributed by atoms with E-state index in [4.69, 9.17) is 9.97 Å². The Balaban J connectivity index is 1.39. The van der Waals surface area contributed by atoms with E-state index in [1.807, 2.05) is 13.8 Å². The van der Waals surface area contributed by atoms with Crippen molar-refractivity contribution in [2.24, 2.45) is 0 Å². The van der Waals surface area contributed by atoms with Gasteiger partial charge in [0.1, 0.15) is 11.6 Å². The Morgan fingerprint density at radius 2 is 1.76 bits per heavy atom. The van der Waals surface area contributed by atoms with Crippen LogP contribution in [0.5, 0.6) is 0 Å². The molecule has 0 unspecified atom stereocenters. The second kappa shape index (κ2) is 10.7. The van der Waals surface area contributed by atoms with Crippen molar-refractivity contribution >= 4 is 11.6 Å². The van der Waals surface area contributed by atoms with Gasteiger partial charge in [0, 0.05) is 36.0 Å². The Morgan fingerprint density at radius 3 is 2.48 bits per heavy atom. The smallest absolute Gasteiger partial charge is 0.229 e. The van der Waals surface area contributed by atoms with Crippen molar-refractivity contribution in [1.29, 1.82) is 0 Å². The molecule has 33 heavy (non-hydrogen) atoms. The number of nitrogens with one attached hydrogen (secondary N) is 1. The van der Waals surface area contributed by atoms with Crippen LogP contribution in [0.3, 0.4) is 0 Å². The SMILES string of the molecule is Cc1nc([C@@H]2CCCN(CCc3ccccc3)C2)nc(C)c1CC(=O)Nc1ccccc1F. The van der Waals surface area contributed by atoms with Gasteiger partial charge in [-0.1, -0.05) is 42.5 Å². The Bertz CT molecular complexity index is 1080. The number of para-hydroxylation sites is 1. The molecule has 0 aliphatic carbocycles. The van der Waals surface area contributed by atoms with Crippen molar-refractivity contribution in [3.63, 3.8) is 0 Å². The summed E-state index contributed by atoms with van der Waals surface area (Å²) in [5, 5.41) is 2.65. The molecule has 1 amide bonds. The van der Waals surface area contributed by atoms with Crippen LogP contribution in [0.1, 0.15) is 47.1 Å². The molecule has 1 fully saturated rings. The number of rotatable bonds is 7. The van der Waals surface area contributed by atoms with E-state index in [2.05, 4.69) is 40.5 Å². The van der Waals surface area contributed by atoms with Gasteiger partial charge in [-0.05, 0) is 57.4 Å². The number of aryl methyl sites for hydroxylation is 2. The molecule has 1 aliphatic rings. The minimum atomic E-state index is -0.444. The van der Waals surface area contributed by atoms with Gasteiger partial charge >= 0.3 is 0 Å². The van der Waals surface area contributed by atoms with Crippen LogP contribution in [-0.4, -0.2) is 40.4 Å². The molecule has 6 heteroatoms. The summed E-state index contributed by atoms with van der Waals surface area (Å²) in [5.41, 5.74) is 4.00. The maximum absolute atomic E-state index is 13.8. The number of nitrogens with zero attached hydrogens (tertiary/aromatic N) is 3. The highest BCUT2D eigenvalue weighted by Crippen LogP contribution is 2.26. The number of halogens is 1. The number of anilines is 1. The Morgan fingerprint density at radius 1 is 1.06 bits per heavy atom. The Hall–Kier alpha value is -3.12. The lowest BCUT2D eigenvalue weighted by Gasteiger charge is -2.32. The first-order valence-corrected chi connectivity index (χ1v) is 11.6. The number of likely N-dealkylation sites (tertiary alicyclic amines) is 1. The molecule has 1 saturated heterocycles. The van der Waals surface area contributed by atoms with E-state index in [1.54, 1.807) is 18.2 Å². The van der Waals surface area contributed by atoms with Crippen molar-refractivity contribution < 1.29 is 9.18 Å². The molecule has 2 aromatic carbocycles. The lowest BCUT2D eigenvalue weighted by molar-refractivity contribution is -0.115. The molecule has 1 aliphatic heterocycles. The number of carbonyl (C=O) groups is 1. The third-order valence-electron chi connectivity index (χ3n) is 6.35. The van der Waals surface area contributed by atoms with Crippen LogP contribution in [0.2, 0.25) is 0 Å². The van der Waals surface area contributed by atoms with E-state index in [0.717, 1.165) is 61.7 Å². The van der Waals surface area contributed by atoms with E-state index in [9.17, 15) is 9.18 Å². The number of benzene rings is 2. The van der Waals surface area contributed by atoms with Crippen LogP contribution in [0.15, 0.2) is 54.6 Å². The summed E-state index contributed by atoms with van der Waals surface area (Å²) in [5.74, 6) is 0.452. The van der Waals surface area contributed by atoms with Crippen LogP contribution in [0.4, 0.5) is 10.1 Å². The summed E-state index contributed by atoms with van der Waals surface area (Å²) in [4.78, 5) is 24.6. The van der Waals surface area contributed by atoms with Crippen LogP contribution in [-0.2, 0) is 17.6 Å². The number of aromatic nitrogens is 2. The average molecular weight is 447 g/mol. The maximum atomic E-state index is 13.8. The molecular formula is C27H31FN4O. The minimum absolute atomic E-state index is 0.125. The third kappa shape index (κ3) is 6.02. The fourth-order valence-electron chi connectivity index (χ4n) is 4.52. The molecule has 0 saturated carbocycles. The van der Waals surface area contributed by atoms with Gasteiger partial charge in [-0.3, -0.25) is 4.79 Å². The molecule has 4 rings (SSSR count). The lowest BCUT2D eigenvalue weighted by Crippen LogP contribution is -2.36. The first-order valence-electron chi connectivity index (χ1n) is 11.6. The first-order chi connectivity index (χ1) is 16.0. The zero-order valence-corrected chi connectivity index (χ0v) is 19.4. The van der Waals surface area contributed by atoms with Crippen molar-refractivity contribution in [1.82, 2.24) is 14.9 Å². The summed E-state index contributed by atoms with van der Waals surface area (Å²) < 4.78 is 13.8. The molecule has 0 spiro atoms. The van der Waals surface area contributed by atoms with Gasteiger partial charge in [0.25, 0.3) is 0 Å². The zero-order chi connectivity index (χ0) is 23.2. The van der Waals surface area contributed by atoms with Gasteiger partial charge in [-0.25, -0.2) is 14.4 Å². The largest absolute Gasteiger partial charge is 0.323 e. The summed E-state index contributed by atoms with van der Waals surface area (Å²) in [6.45, 7) is 6.96. The van der Waals surface area contributed by atoms with Crippen LogP contribution in [0, 0.1) is 19.7 Å². The van der Waals surface area contributed by atoms with E-state index in [1.165, 1.54) is 11.6 Å². The van der Waals surface area contributed by atoms with Crippen LogP contribution >= 0.6 is 0 Å². The van der Waals surface area contributed by atoms with Gasteiger partial charge < -0.3 is 10.2 Å². The zero-order valence-electron chi connectivity index (χ0n) is 19.4. The van der Waals surface area contributed by atoms with Crippen LogP contribution in [0.25, 0.3) is 0 Å². The van der Waals surface area contributed by atoms with E-state index in [0.29, 0.717) is 5.92 Å². The highest BCUT2D eigenvalue weighted by molar-refractivity contribution is 5.92. The van der Waals surface area contributed by atoms with Gasteiger partial charge in [0.15, 0.2) is 0 Å². The molecule has 1 aromatic heterocycles. The fraction of sp³-hybridized carbons (Fsp3) is 0.370. The molecule has 3 aromatic rings. The topological polar surface area (TPSA) is 58.1 Å². The highest BCUT2D eigenvalue weighted by Gasteiger charge is 2.25. The van der Waals surface area contributed by atoms with Crippen molar-refractivity contribution in [3.05, 3.63) is 88.8 Å². The highest BCUT2D eigenvalue weighted by atomic mass is 19.1. The summed E-state index contributed by atoms with van der Waals surface area (Å²) in [7, 11) is 0. The molecule has 172 valence electrons. The maximum Gasteiger partial charge on any atom is 0.229 e. The third-order valence-corrected chi connectivity index (χ3v) is 6.35. The molecule has 2 heterocycles. The summed E-state index contributed by atoms with van der Waals surface area (Å²) >= 11 is 0. The Kier molecular flexibility index (Phi) is 7.45. The lowest BCUT2D eigenvalue weighted by atomic mass is 9.96. The number of hydrogen-bond acceptors (Lipinski definition) is 4. The molecular weight excluding hydrogens is 415 g/mol. The standard InChI is InChI=1S/C27H31FN4O/c1-19-23(17-26(33)31-25-13-7-6-12-24(25)28)20(2)30-27(29-19)22-11-8-15-32(18-22)16-14-21-9-4-3-5-10-21/h3-7,9-10,12-13,22H,8,11,14-18H2,1-2H3,(H,31,33)/t22-/m1/s1. The van der Waals surface area contributed by atoms with E-state index in [-0.39, 0.29) is 18.0 Å². The fourth-order valence-corrected chi connectivity index (χ4v) is 4.52. The van der Waals surface area contributed by atoms with Crippen molar-refractivity contribution in [2.75, 3.05) is 25.0 Å². The molecule has 0 radical (unpaired) electrons. The van der Waals surface area contributed by atoms with Crippen LogP contribution < -0.4 is 5.32 Å². The Labute approximate surface area is 195 Å².